The Bertz CT molecular complexity index is 511. The van der Waals surface area contributed by atoms with Gasteiger partial charge >= 0.3 is 0 Å². The number of halogens is 1. The number of anilines is 1. The van der Waals surface area contributed by atoms with Crippen molar-refractivity contribution in [2.45, 2.75) is 13.0 Å². The number of nitrogens with two attached hydrogens (primary N) is 1. The van der Waals surface area contributed by atoms with Crippen molar-refractivity contribution in [1.29, 1.82) is 0 Å². The molecule has 0 bridgehead atoms. The Labute approximate surface area is 102 Å². The molecule has 5 nitrogen and oxygen atoms in total. The van der Waals surface area contributed by atoms with E-state index in [0.29, 0.717) is 12.6 Å². The highest BCUT2D eigenvalue weighted by molar-refractivity contribution is 9.10. The van der Waals surface area contributed by atoms with Crippen LogP contribution >= 0.6 is 15.9 Å². The number of methoxy groups -OCH3 is 1. The van der Waals surface area contributed by atoms with Crippen LogP contribution in [-0.4, -0.2) is 28.3 Å². The molecule has 0 aliphatic carbocycles. The first-order chi connectivity index (χ1) is 7.63. The molecule has 1 atom stereocenters. The Hall–Kier alpha value is -1.14. The lowest BCUT2D eigenvalue weighted by Gasteiger charge is -2.13. The quantitative estimate of drug-likeness (QED) is 0.936. The summed E-state index contributed by atoms with van der Waals surface area (Å²) in [5.74, 6) is 0.463. The predicted molar refractivity (Wildman–Crippen MR) is 66.2 cm³/mol. The predicted octanol–water partition coefficient (Wildman–Crippen LogP) is 1.98. The fraction of sp³-hybridized carbons (Fsp3) is 0.400. The summed E-state index contributed by atoms with van der Waals surface area (Å²) in [5, 5.41) is 0. The summed E-state index contributed by atoms with van der Waals surface area (Å²) in [6.45, 7) is 2.60. The van der Waals surface area contributed by atoms with Gasteiger partial charge in [0.05, 0.1) is 12.6 Å². The van der Waals surface area contributed by atoms with Crippen LogP contribution in [0.2, 0.25) is 0 Å². The van der Waals surface area contributed by atoms with Crippen molar-refractivity contribution in [3.63, 3.8) is 0 Å². The van der Waals surface area contributed by atoms with Crippen molar-refractivity contribution < 1.29 is 4.74 Å². The van der Waals surface area contributed by atoms with Crippen LogP contribution in [0.25, 0.3) is 11.2 Å². The van der Waals surface area contributed by atoms with Crippen molar-refractivity contribution in [1.82, 2.24) is 14.5 Å². The zero-order chi connectivity index (χ0) is 11.7. The second kappa shape index (κ2) is 4.39. The molecular formula is C10H13BrN4O. The number of hydrogen-bond acceptors (Lipinski definition) is 4. The van der Waals surface area contributed by atoms with Crippen molar-refractivity contribution in [3.05, 3.63) is 16.7 Å². The zero-order valence-electron chi connectivity index (χ0n) is 9.14. The van der Waals surface area contributed by atoms with Gasteiger partial charge in [-0.25, -0.2) is 9.97 Å². The SMILES string of the molecule is COCC(C)n1c(N)nc2cc(Br)cnc21. The monoisotopic (exact) mass is 284 g/mol. The van der Waals surface area contributed by atoms with E-state index in [9.17, 15) is 0 Å². The Morgan fingerprint density at radius 2 is 2.38 bits per heavy atom. The number of aromatic nitrogens is 3. The highest BCUT2D eigenvalue weighted by Gasteiger charge is 2.14. The summed E-state index contributed by atoms with van der Waals surface area (Å²) in [5.41, 5.74) is 7.45. The van der Waals surface area contributed by atoms with E-state index in [1.54, 1.807) is 13.3 Å². The maximum atomic E-state index is 5.88. The molecule has 2 N–H and O–H groups in total. The van der Waals surface area contributed by atoms with Gasteiger partial charge in [-0.2, -0.15) is 0 Å². The van der Waals surface area contributed by atoms with Crippen molar-refractivity contribution in [3.8, 4) is 0 Å². The van der Waals surface area contributed by atoms with E-state index < -0.39 is 0 Å². The second-order valence-corrected chi connectivity index (χ2v) is 4.56. The van der Waals surface area contributed by atoms with Crippen molar-refractivity contribution >= 4 is 33.0 Å². The van der Waals surface area contributed by atoms with E-state index >= 15 is 0 Å². The van der Waals surface area contributed by atoms with Crippen LogP contribution < -0.4 is 5.73 Å². The summed E-state index contributed by atoms with van der Waals surface area (Å²) in [6.07, 6.45) is 1.74. The fourth-order valence-corrected chi connectivity index (χ4v) is 2.04. The molecule has 2 heterocycles. The van der Waals surface area contributed by atoms with Gasteiger partial charge in [-0.15, -0.1) is 0 Å². The van der Waals surface area contributed by atoms with Gasteiger partial charge in [0, 0.05) is 17.8 Å². The van der Waals surface area contributed by atoms with E-state index in [4.69, 9.17) is 10.5 Å². The summed E-state index contributed by atoms with van der Waals surface area (Å²) in [4.78, 5) is 8.59. The number of hydrogen-bond donors (Lipinski definition) is 1. The van der Waals surface area contributed by atoms with Crippen LogP contribution in [0.15, 0.2) is 16.7 Å². The highest BCUT2D eigenvalue weighted by Crippen LogP contribution is 2.23. The number of nitrogens with zero attached hydrogens (tertiary/aromatic N) is 3. The maximum Gasteiger partial charge on any atom is 0.202 e. The Balaban J connectivity index is 2.55. The third kappa shape index (κ3) is 1.90. The van der Waals surface area contributed by atoms with Crippen LogP contribution in [0.4, 0.5) is 5.95 Å². The Morgan fingerprint density at radius 3 is 3.06 bits per heavy atom. The molecular weight excluding hydrogens is 272 g/mol. The van der Waals surface area contributed by atoms with Crippen molar-refractivity contribution in [2.24, 2.45) is 0 Å². The number of nitrogen functional groups attached to an aromatic ring is 1. The van der Waals surface area contributed by atoms with Gasteiger partial charge in [0.2, 0.25) is 5.95 Å². The molecule has 0 saturated heterocycles. The average Bonchev–Trinajstić information content (AvgIpc) is 2.53. The highest BCUT2D eigenvalue weighted by atomic mass is 79.9. The normalized spacial score (nSPS) is 13.2. The topological polar surface area (TPSA) is 66.0 Å². The van der Waals surface area contributed by atoms with E-state index in [0.717, 1.165) is 15.6 Å². The molecule has 0 fully saturated rings. The molecule has 86 valence electrons. The van der Waals surface area contributed by atoms with E-state index in [-0.39, 0.29) is 6.04 Å². The first-order valence-corrected chi connectivity index (χ1v) is 5.70. The largest absolute Gasteiger partial charge is 0.383 e. The lowest BCUT2D eigenvalue weighted by molar-refractivity contribution is 0.164. The summed E-state index contributed by atoms with van der Waals surface area (Å²) in [6, 6.07) is 2.01. The molecule has 0 aliphatic rings. The van der Waals surface area contributed by atoms with Gasteiger partial charge in [-0.05, 0) is 28.9 Å². The van der Waals surface area contributed by atoms with Crippen LogP contribution in [0.1, 0.15) is 13.0 Å². The summed E-state index contributed by atoms with van der Waals surface area (Å²) < 4.78 is 7.89. The Kier molecular flexibility index (Phi) is 3.11. The molecule has 2 aromatic rings. The van der Waals surface area contributed by atoms with E-state index in [1.165, 1.54) is 0 Å². The second-order valence-electron chi connectivity index (χ2n) is 3.64. The standard InChI is InChI=1S/C10H13BrN4O/c1-6(5-16-2)15-9-8(14-10(15)12)3-7(11)4-13-9/h3-4,6H,5H2,1-2H3,(H2,12,14). The molecule has 2 aromatic heterocycles. The number of imidazole rings is 1. The Morgan fingerprint density at radius 1 is 1.62 bits per heavy atom. The molecule has 2 rings (SSSR count). The molecule has 0 saturated carbocycles. The summed E-state index contributed by atoms with van der Waals surface area (Å²) in [7, 11) is 1.66. The first-order valence-electron chi connectivity index (χ1n) is 4.91. The zero-order valence-corrected chi connectivity index (χ0v) is 10.7. The smallest absolute Gasteiger partial charge is 0.202 e. The minimum absolute atomic E-state index is 0.115. The van der Waals surface area contributed by atoms with Crippen LogP contribution in [0.5, 0.6) is 0 Å². The third-order valence-corrected chi connectivity index (χ3v) is 2.81. The first kappa shape index (κ1) is 11.3. The lowest BCUT2D eigenvalue weighted by Crippen LogP contribution is -2.13. The third-order valence-electron chi connectivity index (χ3n) is 2.37. The van der Waals surface area contributed by atoms with E-state index in [1.807, 2.05) is 17.6 Å². The van der Waals surface area contributed by atoms with Gasteiger partial charge in [-0.1, -0.05) is 0 Å². The number of rotatable bonds is 3. The molecule has 0 spiro atoms. The minimum atomic E-state index is 0.115. The average molecular weight is 285 g/mol. The molecule has 0 aliphatic heterocycles. The molecule has 16 heavy (non-hydrogen) atoms. The van der Waals surface area contributed by atoms with Crippen molar-refractivity contribution in [2.75, 3.05) is 19.5 Å². The molecule has 0 radical (unpaired) electrons. The van der Waals surface area contributed by atoms with E-state index in [2.05, 4.69) is 25.9 Å². The minimum Gasteiger partial charge on any atom is -0.383 e. The van der Waals surface area contributed by atoms with Gasteiger partial charge in [0.15, 0.2) is 5.65 Å². The summed E-state index contributed by atoms with van der Waals surface area (Å²) >= 11 is 3.36. The van der Waals surface area contributed by atoms with Gasteiger partial charge in [0.25, 0.3) is 0 Å². The van der Waals surface area contributed by atoms with Gasteiger partial charge in [0.1, 0.15) is 5.52 Å². The molecule has 1 unspecified atom stereocenters. The molecule has 0 aromatic carbocycles. The van der Waals surface area contributed by atoms with Gasteiger partial charge < -0.3 is 10.5 Å². The van der Waals surface area contributed by atoms with Gasteiger partial charge in [-0.3, -0.25) is 4.57 Å². The fourth-order valence-electron chi connectivity index (χ4n) is 1.73. The van der Waals surface area contributed by atoms with Crippen LogP contribution in [0.3, 0.4) is 0 Å². The number of ether oxygens (including phenoxy) is 1. The molecule has 0 amide bonds. The van der Waals surface area contributed by atoms with Crippen LogP contribution in [-0.2, 0) is 4.74 Å². The maximum absolute atomic E-state index is 5.88. The van der Waals surface area contributed by atoms with Crippen LogP contribution in [0, 0.1) is 0 Å². The lowest BCUT2D eigenvalue weighted by atomic mass is 10.3. The molecule has 6 heteroatoms. The number of pyridine rings is 1. The number of fused-ring (bicyclic) bond motifs is 1.